The van der Waals surface area contributed by atoms with Gasteiger partial charge in [-0.05, 0) is 49.4 Å². The van der Waals surface area contributed by atoms with Crippen molar-refractivity contribution in [2.24, 2.45) is 7.05 Å². The molecule has 1 N–H and O–H groups in total. The number of halogens is 1. The zero-order valence-corrected chi connectivity index (χ0v) is 15.2. The van der Waals surface area contributed by atoms with Crippen LogP contribution in [0, 0.1) is 12.7 Å². The van der Waals surface area contributed by atoms with E-state index in [1.807, 2.05) is 6.92 Å². The molecule has 0 radical (unpaired) electrons. The van der Waals surface area contributed by atoms with Gasteiger partial charge in [0.05, 0.1) is 17.7 Å². The first kappa shape index (κ1) is 17.6. The predicted octanol–water partition coefficient (Wildman–Crippen LogP) is 3.05. The van der Waals surface area contributed by atoms with E-state index in [1.54, 1.807) is 36.3 Å². The quantitative estimate of drug-likeness (QED) is 0.553. The lowest BCUT2D eigenvalue weighted by molar-refractivity contribution is 0.102. The smallest absolute Gasteiger partial charge is 0.229 e. The van der Waals surface area contributed by atoms with Gasteiger partial charge in [-0.1, -0.05) is 0 Å². The van der Waals surface area contributed by atoms with Gasteiger partial charge >= 0.3 is 0 Å². The normalized spacial score (nSPS) is 11.0. The van der Waals surface area contributed by atoms with E-state index in [0.29, 0.717) is 22.6 Å². The van der Waals surface area contributed by atoms with Crippen LogP contribution in [0.3, 0.4) is 0 Å². The zero-order chi connectivity index (χ0) is 19.8. The van der Waals surface area contributed by atoms with Crippen molar-refractivity contribution in [3.8, 4) is 22.8 Å². The summed E-state index contributed by atoms with van der Waals surface area (Å²) in [4.78, 5) is 21.1. The fourth-order valence-electron chi connectivity index (χ4n) is 2.87. The first-order chi connectivity index (χ1) is 13.4. The number of carbonyl (C=O) groups excluding carboxylic acids is 1. The summed E-state index contributed by atoms with van der Waals surface area (Å²) in [6.07, 6.45) is 3.41. The Bertz CT molecular complexity index is 1180. The van der Waals surface area contributed by atoms with Crippen LogP contribution >= 0.6 is 0 Å². The number of aryl methyl sites for hydroxylation is 2. The highest BCUT2D eigenvalue weighted by Crippen LogP contribution is 2.28. The fourth-order valence-corrected chi connectivity index (χ4v) is 2.87. The molecule has 2 aromatic carbocycles. The van der Waals surface area contributed by atoms with Gasteiger partial charge in [0.1, 0.15) is 11.6 Å². The number of ketones is 1. The second-order valence-corrected chi connectivity index (χ2v) is 6.34. The van der Waals surface area contributed by atoms with Crippen LogP contribution in [0.4, 0.5) is 4.39 Å². The number of hydrogen-bond acceptors (Lipinski definition) is 5. The van der Waals surface area contributed by atoms with E-state index < -0.39 is 5.82 Å². The molecule has 0 saturated carbocycles. The molecule has 0 aliphatic rings. The van der Waals surface area contributed by atoms with Gasteiger partial charge in [-0.3, -0.25) is 4.79 Å². The van der Waals surface area contributed by atoms with Gasteiger partial charge in [0.15, 0.2) is 11.6 Å². The summed E-state index contributed by atoms with van der Waals surface area (Å²) in [5.74, 6) is -0.323. The molecular weight excluding hydrogens is 361 g/mol. The molecule has 2 heterocycles. The highest BCUT2D eigenvalue weighted by molar-refractivity contribution is 6.06. The van der Waals surface area contributed by atoms with Crippen LogP contribution in [0.2, 0.25) is 0 Å². The maximum absolute atomic E-state index is 13.1. The average Bonchev–Trinajstić information content (AvgIpc) is 3.27. The number of aromatic nitrogens is 5. The van der Waals surface area contributed by atoms with Crippen molar-refractivity contribution in [2.75, 3.05) is 0 Å². The summed E-state index contributed by atoms with van der Waals surface area (Å²) in [6.45, 7) is 1.86. The maximum Gasteiger partial charge on any atom is 0.229 e. The van der Waals surface area contributed by atoms with Gasteiger partial charge < -0.3 is 9.67 Å². The van der Waals surface area contributed by atoms with E-state index in [0.717, 1.165) is 5.69 Å². The molecule has 0 spiro atoms. The number of hydrogen-bond donors (Lipinski definition) is 1. The van der Waals surface area contributed by atoms with Gasteiger partial charge in [-0.2, -0.15) is 5.10 Å². The Balaban J connectivity index is 1.67. The SMILES string of the molecule is Cc1cn(-c2ccc(-c3nc(C(=O)c4ccc(F)cc4)n(C)n3)cc2O)cn1. The van der Waals surface area contributed by atoms with Crippen LogP contribution in [-0.4, -0.2) is 35.2 Å². The predicted molar refractivity (Wildman–Crippen MR) is 99.8 cm³/mol. The molecule has 7 nitrogen and oxygen atoms in total. The summed E-state index contributed by atoms with van der Waals surface area (Å²) in [5, 5.41) is 14.7. The maximum atomic E-state index is 13.1. The summed E-state index contributed by atoms with van der Waals surface area (Å²) in [6, 6.07) is 10.3. The van der Waals surface area contributed by atoms with Gasteiger partial charge in [0.25, 0.3) is 0 Å². The van der Waals surface area contributed by atoms with E-state index in [9.17, 15) is 14.3 Å². The Kier molecular flexibility index (Phi) is 4.23. The average molecular weight is 377 g/mol. The second kappa shape index (κ2) is 6.73. The molecular formula is C20H16FN5O2. The van der Waals surface area contributed by atoms with Crippen molar-refractivity contribution in [1.82, 2.24) is 24.3 Å². The topological polar surface area (TPSA) is 85.8 Å². The number of phenols is 1. The minimum absolute atomic E-state index is 0.0359. The summed E-state index contributed by atoms with van der Waals surface area (Å²) < 4.78 is 16.2. The molecule has 0 aliphatic heterocycles. The van der Waals surface area contributed by atoms with E-state index in [1.165, 1.54) is 35.0 Å². The standard InChI is InChI=1S/C20H16FN5O2/c1-12-10-26(11-22-12)16-8-5-14(9-17(16)27)19-23-20(25(2)24-19)18(28)13-3-6-15(21)7-4-13/h3-11,27H,1-2H3. The summed E-state index contributed by atoms with van der Waals surface area (Å²) in [5.41, 5.74) is 2.28. The van der Waals surface area contributed by atoms with Crippen LogP contribution in [0.15, 0.2) is 55.0 Å². The molecule has 140 valence electrons. The molecule has 0 fully saturated rings. The fraction of sp³-hybridized carbons (Fsp3) is 0.100. The molecule has 2 aromatic heterocycles. The molecule has 0 bridgehead atoms. The summed E-state index contributed by atoms with van der Waals surface area (Å²) >= 11 is 0. The van der Waals surface area contributed by atoms with Crippen molar-refractivity contribution in [3.05, 3.63) is 77.9 Å². The minimum Gasteiger partial charge on any atom is -0.506 e. The number of phenolic OH excluding ortho intramolecular Hbond substituents is 1. The summed E-state index contributed by atoms with van der Waals surface area (Å²) in [7, 11) is 1.61. The lowest BCUT2D eigenvalue weighted by Crippen LogP contribution is -2.09. The van der Waals surface area contributed by atoms with E-state index in [4.69, 9.17) is 0 Å². The van der Waals surface area contributed by atoms with Crippen LogP contribution in [0.1, 0.15) is 21.9 Å². The Labute approximate surface area is 159 Å². The Hall–Kier alpha value is -3.81. The third-order valence-corrected chi connectivity index (χ3v) is 4.30. The molecule has 0 atom stereocenters. The number of aromatic hydroxyl groups is 1. The Morgan fingerprint density at radius 2 is 1.89 bits per heavy atom. The monoisotopic (exact) mass is 377 g/mol. The molecule has 0 unspecified atom stereocenters. The van der Waals surface area contributed by atoms with Gasteiger partial charge in [-0.15, -0.1) is 0 Å². The highest BCUT2D eigenvalue weighted by Gasteiger charge is 2.19. The highest BCUT2D eigenvalue weighted by atomic mass is 19.1. The van der Waals surface area contributed by atoms with Gasteiger partial charge in [0.2, 0.25) is 5.78 Å². The van der Waals surface area contributed by atoms with Gasteiger partial charge in [-0.25, -0.2) is 19.0 Å². The van der Waals surface area contributed by atoms with Crippen LogP contribution in [0.5, 0.6) is 5.75 Å². The van der Waals surface area contributed by atoms with E-state index >= 15 is 0 Å². The lowest BCUT2D eigenvalue weighted by atomic mass is 10.1. The third-order valence-electron chi connectivity index (χ3n) is 4.30. The van der Waals surface area contributed by atoms with E-state index in [-0.39, 0.29) is 17.4 Å². The molecule has 4 rings (SSSR count). The number of carbonyl (C=O) groups is 1. The van der Waals surface area contributed by atoms with Crippen molar-refractivity contribution in [2.45, 2.75) is 6.92 Å². The first-order valence-corrected chi connectivity index (χ1v) is 8.48. The Morgan fingerprint density at radius 1 is 1.14 bits per heavy atom. The van der Waals surface area contributed by atoms with Crippen molar-refractivity contribution in [3.63, 3.8) is 0 Å². The largest absolute Gasteiger partial charge is 0.506 e. The second-order valence-electron chi connectivity index (χ2n) is 6.34. The van der Waals surface area contributed by atoms with E-state index in [2.05, 4.69) is 15.1 Å². The molecule has 4 aromatic rings. The first-order valence-electron chi connectivity index (χ1n) is 8.48. The number of nitrogens with zero attached hydrogens (tertiary/aromatic N) is 5. The lowest BCUT2D eigenvalue weighted by Gasteiger charge is -2.06. The Morgan fingerprint density at radius 3 is 2.54 bits per heavy atom. The number of benzene rings is 2. The van der Waals surface area contributed by atoms with Crippen molar-refractivity contribution < 1.29 is 14.3 Å². The minimum atomic E-state index is -0.418. The number of rotatable bonds is 4. The van der Waals surface area contributed by atoms with Crippen LogP contribution in [-0.2, 0) is 7.05 Å². The molecule has 0 amide bonds. The number of imidazole rings is 1. The molecule has 0 saturated heterocycles. The van der Waals surface area contributed by atoms with Crippen molar-refractivity contribution in [1.29, 1.82) is 0 Å². The molecule has 28 heavy (non-hydrogen) atoms. The third kappa shape index (κ3) is 3.16. The molecule has 0 aliphatic carbocycles. The van der Waals surface area contributed by atoms with Crippen LogP contribution in [0.25, 0.3) is 17.1 Å². The van der Waals surface area contributed by atoms with Gasteiger partial charge in [0, 0.05) is 24.4 Å². The van der Waals surface area contributed by atoms with Crippen LogP contribution < -0.4 is 0 Å². The molecule has 8 heteroatoms. The van der Waals surface area contributed by atoms with Crippen molar-refractivity contribution >= 4 is 5.78 Å². The zero-order valence-electron chi connectivity index (χ0n) is 15.2.